The summed E-state index contributed by atoms with van der Waals surface area (Å²) >= 11 is 0. The van der Waals surface area contributed by atoms with Gasteiger partial charge in [0.2, 0.25) is 0 Å². The van der Waals surface area contributed by atoms with E-state index < -0.39 is 0 Å². The van der Waals surface area contributed by atoms with Crippen LogP contribution >= 0.6 is 0 Å². The lowest BCUT2D eigenvalue weighted by molar-refractivity contribution is -0.134. The first-order chi connectivity index (χ1) is 9.78. The molecule has 20 heavy (non-hydrogen) atoms. The van der Waals surface area contributed by atoms with Crippen molar-refractivity contribution in [1.82, 2.24) is 10.2 Å². The highest BCUT2D eigenvalue weighted by molar-refractivity contribution is 4.99. The van der Waals surface area contributed by atoms with Gasteiger partial charge in [0.25, 0.3) is 0 Å². The third-order valence-corrected chi connectivity index (χ3v) is 4.77. The summed E-state index contributed by atoms with van der Waals surface area (Å²) in [6, 6.07) is 1.15. The highest BCUT2D eigenvalue weighted by Crippen LogP contribution is 2.28. The molecule has 2 rings (SSSR count). The van der Waals surface area contributed by atoms with E-state index in [0.29, 0.717) is 18.2 Å². The van der Waals surface area contributed by atoms with Crippen molar-refractivity contribution in [3.63, 3.8) is 0 Å². The summed E-state index contributed by atoms with van der Waals surface area (Å²) < 4.78 is 11.3. The number of ether oxygens (including phenoxy) is 2. The van der Waals surface area contributed by atoms with Crippen molar-refractivity contribution in [2.24, 2.45) is 0 Å². The van der Waals surface area contributed by atoms with E-state index in [2.05, 4.69) is 24.1 Å². The number of hydrogen-bond acceptors (Lipinski definition) is 4. The van der Waals surface area contributed by atoms with Gasteiger partial charge >= 0.3 is 0 Å². The molecule has 0 aromatic carbocycles. The number of rotatable bonds is 8. The number of likely N-dealkylation sites (tertiary alicyclic amines) is 1. The van der Waals surface area contributed by atoms with E-state index in [1.807, 2.05) is 0 Å². The second-order valence-corrected chi connectivity index (χ2v) is 6.17. The van der Waals surface area contributed by atoms with Crippen molar-refractivity contribution >= 4 is 0 Å². The molecule has 1 saturated heterocycles. The van der Waals surface area contributed by atoms with Crippen molar-refractivity contribution in [1.29, 1.82) is 0 Å². The second kappa shape index (κ2) is 8.32. The van der Waals surface area contributed by atoms with Crippen LogP contribution in [0.4, 0.5) is 0 Å². The fourth-order valence-corrected chi connectivity index (χ4v) is 3.45. The molecule has 2 fully saturated rings. The minimum atomic E-state index is 0.244. The van der Waals surface area contributed by atoms with Crippen LogP contribution in [0.15, 0.2) is 0 Å². The number of nitrogens with one attached hydrogen (secondary N) is 1. The first-order valence-corrected chi connectivity index (χ1v) is 8.41. The van der Waals surface area contributed by atoms with E-state index in [4.69, 9.17) is 9.47 Å². The lowest BCUT2D eigenvalue weighted by Gasteiger charge is -2.46. The zero-order valence-corrected chi connectivity index (χ0v) is 13.4. The Labute approximate surface area is 124 Å². The third kappa shape index (κ3) is 4.17. The largest absolute Gasteiger partial charge is 0.377 e. The summed E-state index contributed by atoms with van der Waals surface area (Å²) in [7, 11) is 1.80. The maximum absolute atomic E-state index is 5.69. The van der Waals surface area contributed by atoms with Gasteiger partial charge in [-0.1, -0.05) is 13.3 Å². The monoisotopic (exact) mass is 284 g/mol. The van der Waals surface area contributed by atoms with Gasteiger partial charge in [0, 0.05) is 25.8 Å². The maximum atomic E-state index is 5.69. The van der Waals surface area contributed by atoms with E-state index in [1.54, 1.807) is 7.11 Å². The van der Waals surface area contributed by atoms with Gasteiger partial charge in [-0.2, -0.15) is 0 Å². The van der Waals surface area contributed by atoms with E-state index in [1.165, 1.54) is 45.3 Å². The van der Waals surface area contributed by atoms with E-state index >= 15 is 0 Å². The molecule has 1 aliphatic carbocycles. The van der Waals surface area contributed by atoms with Gasteiger partial charge < -0.3 is 19.7 Å². The van der Waals surface area contributed by atoms with Gasteiger partial charge in [0.05, 0.1) is 12.2 Å². The molecule has 0 radical (unpaired) electrons. The van der Waals surface area contributed by atoms with Crippen LogP contribution < -0.4 is 5.32 Å². The van der Waals surface area contributed by atoms with Crippen LogP contribution in [0.3, 0.4) is 0 Å². The standard InChI is InChI=1S/C16H32N2O2/c1-4-6-9-18-10-7-13(8-11-18)17-14-12-15(20-5-2)16(14)19-3/h13-17H,4-12H2,1-3H3. The Morgan fingerprint density at radius 1 is 1.20 bits per heavy atom. The Hall–Kier alpha value is -0.160. The smallest absolute Gasteiger partial charge is 0.0986 e. The number of nitrogens with zero attached hydrogens (tertiary/aromatic N) is 1. The van der Waals surface area contributed by atoms with Crippen molar-refractivity contribution in [2.45, 2.75) is 70.2 Å². The predicted octanol–water partition coefficient (Wildman–Crippen LogP) is 2.03. The van der Waals surface area contributed by atoms with Gasteiger partial charge in [-0.15, -0.1) is 0 Å². The lowest BCUT2D eigenvalue weighted by Crippen LogP contribution is -2.62. The van der Waals surface area contributed by atoms with Gasteiger partial charge in [0.1, 0.15) is 0 Å². The van der Waals surface area contributed by atoms with Crippen LogP contribution in [0.5, 0.6) is 0 Å². The molecule has 2 aliphatic rings. The highest BCUT2D eigenvalue weighted by atomic mass is 16.5. The molecule has 0 aromatic heterocycles. The zero-order valence-electron chi connectivity index (χ0n) is 13.4. The van der Waals surface area contributed by atoms with Crippen LogP contribution in [0.25, 0.3) is 0 Å². The SMILES string of the molecule is CCCCN1CCC(NC2CC(OCC)C2OC)CC1. The first kappa shape index (κ1) is 16.2. The molecule has 0 spiro atoms. The maximum Gasteiger partial charge on any atom is 0.0986 e. The van der Waals surface area contributed by atoms with Crippen LogP contribution in [0, 0.1) is 0 Å². The summed E-state index contributed by atoms with van der Waals surface area (Å²) in [5, 5.41) is 3.79. The predicted molar refractivity (Wildman–Crippen MR) is 82.1 cm³/mol. The van der Waals surface area contributed by atoms with Crippen LogP contribution in [0.1, 0.15) is 46.0 Å². The molecule has 1 N–H and O–H groups in total. The Bertz CT molecular complexity index is 267. The van der Waals surface area contributed by atoms with Gasteiger partial charge in [0.15, 0.2) is 0 Å². The van der Waals surface area contributed by atoms with E-state index in [9.17, 15) is 0 Å². The van der Waals surface area contributed by atoms with Crippen LogP contribution in [-0.2, 0) is 9.47 Å². The molecule has 4 nitrogen and oxygen atoms in total. The quantitative estimate of drug-likeness (QED) is 0.739. The minimum Gasteiger partial charge on any atom is -0.377 e. The normalized spacial score (nSPS) is 32.2. The summed E-state index contributed by atoms with van der Waals surface area (Å²) in [4.78, 5) is 2.61. The highest BCUT2D eigenvalue weighted by Gasteiger charge is 2.42. The summed E-state index contributed by atoms with van der Waals surface area (Å²) in [6.07, 6.45) is 6.82. The fourth-order valence-electron chi connectivity index (χ4n) is 3.45. The second-order valence-electron chi connectivity index (χ2n) is 6.17. The molecule has 118 valence electrons. The van der Waals surface area contributed by atoms with Gasteiger partial charge in [-0.05, 0) is 52.2 Å². The molecule has 1 heterocycles. The number of piperidine rings is 1. The topological polar surface area (TPSA) is 33.7 Å². The molecule has 0 amide bonds. The molecule has 4 heteroatoms. The number of methoxy groups -OCH3 is 1. The van der Waals surface area contributed by atoms with Crippen molar-refractivity contribution in [3.05, 3.63) is 0 Å². The summed E-state index contributed by atoms with van der Waals surface area (Å²) in [6.45, 7) is 8.88. The molecule has 0 bridgehead atoms. The van der Waals surface area contributed by atoms with Crippen LogP contribution in [-0.4, -0.2) is 62.5 Å². The van der Waals surface area contributed by atoms with E-state index in [-0.39, 0.29) is 6.10 Å². The van der Waals surface area contributed by atoms with Gasteiger partial charge in [-0.25, -0.2) is 0 Å². The Morgan fingerprint density at radius 2 is 1.95 bits per heavy atom. The van der Waals surface area contributed by atoms with Crippen molar-refractivity contribution in [3.8, 4) is 0 Å². The first-order valence-electron chi connectivity index (χ1n) is 8.41. The summed E-state index contributed by atoms with van der Waals surface area (Å²) in [5.74, 6) is 0. The average Bonchev–Trinajstić information content (AvgIpc) is 2.45. The van der Waals surface area contributed by atoms with E-state index in [0.717, 1.165) is 13.0 Å². The average molecular weight is 284 g/mol. The Morgan fingerprint density at radius 3 is 2.55 bits per heavy atom. The molecular weight excluding hydrogens is 252 g/mol. The number of unbranched alkanes of at least 4 members (excludes halogenated alkanes) is 1. The molecule has 3 atom stereocenters. The lowest BCUT2D eigenvalue weighted by atomic mass is 9.84. The Kier molecular flexibility index (Phi) is 6.75. The molecule has 3 unspecified atom stereocenters. The molecule has 0 aromatic rings. The molecular formula is C16H32N2O2. The third-order valence-electron chi connectivity index (χ3n) is 4.77. The van der Waals surface area contributed by atoms with Crippen molar-refractivity contribution < 1.29 is 9.47 Å². The fraction of sp³-hybridized carbons (Fsp3) is 1.00. The van der Waals surface area contributed by atoms with Crippen LogP contribution in [0.2, 0.25) is 0 Å². The number of hydrogen-bond donors (Lipinski definition) is 1. The molecule has 1 saturated carbocycles. The molecule has 1 aliphatic heterocycles. The zero-order chi connectivity index (χ0) is 14.4. The van der Waals surface area contributed by atoms with Gasteiger partial charge in [-0.3, -0.25) is 0 Å². The minimum absolute atomic E-state index is 0.244. The van der Waals surface area contributed by atoms with Crippen molar-refractivity contribution in [2.75, 3.05) is 33.4 Å². The Balaban J connectivity index is 1.66. The summed E-state index contributed by atoms with van der Waals surface area (Å²) in [5.41, 5.74) is 0.